The molecule has 0 spiro atoms. The number of amides is 1. The molecule has 0 fully saturated rings. The lowest BCUT2D eigenvalue weighted by Crippen LogP contribution is -2.35. The minimum absolute atomic E-state index is 0.0974. The van der Waals surface area contributed by atoms with E-state index in [4.69, 9.17) is 15.2 Å². The first-order valence-electron chi connectivity index (χ1n) is 9.07. The zero-order chi connectivity index (χ0) is 20.0. The van der Waals surface area contributed by atoms with Crippen molar-refractivity contribution in [1.29, 1.82) is 0 Å². The molecule has 8 nitrogen and oxygen atoms in total. The van der Waals surface area contributed by atoms with Crippen molar-refractivity contribution in [3.05, 3.63) is 35.4 Å². The van der Waals surface area contributed by atoms with E-state index in [-0.39, 0.29) is 24.5 Å². The number of benzene rings is 1. The number of hydrogen-bond donors (Lipinski definition) is 2. The standard InChI is InChI=1S/C19H29N5O3/c1-6-12(2)21-18(25)11-24-19(13(3)20)22-17(23-24)10-14-7-8-15(26-4)16(9-14)27-5/h7-9,12-13H,6,10-11,20H2,1-5H3,(H,21,25)/t12-,13+/m0/s1. The van der Waals surface area contributed by atoms with Crippen LogP contribution in [-0.2, 0) is 17.8 Å². The maximum absolute atomic E-state index is 12.2. The van der Waals surface area contributed by atoms with Gasteiger partial charge in [0.25, 0.3) is 0 Å². The van der Waals surface area contributed by atoms with Gasteiger partial charge in [-0.15, -0.1) is 0 Å². The molecule has 8 heteroatoms. The molecule has 0 aliphatic rings. The molecule has 1 aromatic heterocycles. The summed E-state index contributed by atoms with van der Waals surface area (Å²) in [6.07, 6.45) is 1.37. The van der Waals surface area contributed by atoms with Crippen molar-refractivity contribution in [3.63, 3.8) is 0 Å². The summed E-state index contributed by atoms with van der Waals surface area (Å²) in [5, 5.41) is 7.42. The van der Waals surface area contributed by atoms with Gasteiger partial charge in [0.1, 0.15) is 12.4 Å². The van der Waals surface area contributed by atoms with Gasteiger partial charge in [0, 0.05) is 12.5 Å². The van der Waals surface area contributed by atoms with E-state index >= 15 is 0 Å². The summed E-state index contributed by atoms with van der Waals surface area (Å²) in [6.45, 7) is 5.91. The van der Waals surface area contributed by atoms with Crippen LogP contribution in [0.25, 0.3) is 0 Å². The van der Waals surface area contributed by atoms with Gasteiger partial charge in [-0.1, -0.05) is 13.0 Å². The molecule has 2 aromatic rings. The van der Waals surface area contributed by atoms with E-state index in [0.29, 0.717) is 29.6 Å². The third kappa shape index (κ3) is 5.43. The summed E-state index contributed by atoms with van der Waals surface area (Å²) < 4.78 is 12.2. The van der Waals surface area contributed by atoms with Gasteiger partial charge in [-0.3, -0.25) is 4.79 Å². The minimum Gasteiger partial charge on any atom is -0.493 e. The van der Waals surface area contributed by atoms with Crippen molar-refractivity contribution < 1.29 is 14.3 Å². The summed E-state index contributed by atoms with van der Waals surface area (Å²) in [5.74, 6) is 2.40. The second-order valence-electron chi connectivity index (χ2n) is 6.58. The van der Waals surface area contributed by atoms with Crippen LogP contribution >= 0.6 is 0 Å². The van der Waals surface area contributed by atoms with Gasteiger partial charge in [-0.2, -0.15) is 5.10 Å². The summed E-state index contributed by atoms with van der Waals surface area (Å²) >= 11 is 0. The van der Waals surface area contributed by atoms with Gasteiger partial charge < -0.3 is 20.5 Å². The largest absolute Gasteiger partial charge is 0.493 e. The van der Waals surface area contributed by atoms with Crippen LogP contribution in [0.15, 0.2) is 18.2 Å². The molecule has 2 atom stereocenters. The molecule has 1 aromatic carbocycles. The number of rotatable bonds is 9. The fourth-order valence-electron chi connectivity index (χ4n) is 2.66. The van der Waals surface area contributed by atoms with Gasteiger partial charge in [-0.25, -0.2) is 9.67 Å². The van der Waals surface area contributed by atoms with Crippen molar-refractivity contribution in [2.24, 2.45) is 5.73 Å². The lowest BCUT2D eigenvalue weighted by molar-refractivity contribution is -0.122. The van der Waals surface area contributed by atoms with Crippen molar-refractivity contribution >= 4 is 5.91 Å². The molecule has 1 amide bonds. The first kappa shape index (κ1) is 20.7. The lowest BCUT2D eigenvalue weighted by Gasteiger charge is -2.12. The molecule has 0 saturated heterocycles. The Morgan fingerprint density at radius 1 is 1.26 bits per heavy atom. The van der Waals surface area contributed by atoms with Crippen molar-refractivity contribution in [2.75, 3.05) is 14.2 Å². The minimum atomic E-state index is -0.326. The summed E-state index contributed by atoms with van der Waals surface area (Å²) in [7, 11) is 3.19. The highest BCUT2D eigenvalue weighted by atomic mass is 16.5. The number of carbonyl (C=O) groups excluding carboxylic acids is 1. The maximum atomic E-state index is 12.2. The number of aromatic nitrogens is 3. The van der Waals surface area contributed by atoms with E-state index in [1.54, 1.807) is 18.9 Å². The van der Waals surface area contributed by atoms with E-state index in [1.165, 1.54) is 0 Å². The van der Waals surface area contributed by atoms with Crippen LogP contribution in [0.1, 0.15) is 50.4 Å². The number of nitrogens with two attached hydrogens (primary N) is 1. The summed E-state index contributed by atoms with van der Waals surface area (Å²) in [5.41, 5.74) is 6.99. The first-order valence-corrected chi connectivity index (χ1v) is 9.07. The number of hydrogen-bond acceptors (Lipinski definition) is 6. The van der Waals surface area contributed by atoms with Crippen LogP contribution in [0.5, 0.6) is 11.5 Å². The van der Waals surface area contributed by atoms with Gasteiger partial charge in [0.05, 0.1) is 20.3 Å². The Hall–Kier alpha value is -2.61. The Morgan fingerprint density at radius 2 is 1.96 bits per heavy atom. The van der Waals surface area contributed by atoms with E-state index in [1.807, 2.05) is 39.0 Å². The Morgan fingerprint density at radius 3 is 2.56 bits per heavy atom. The monoisotopic (exact) mass is 375 g/mol. The molecule has 0 saturated carbocycles. The van der Waals surface area contributed by atoms with Crippen molar-refractivity contribution in [3.8, 4) is 11.5 Å². The Labute approximate surface area is 160 Å². The number of methoxy groups -OCH3 is 2. The molecule has 0 bridgehead atoms. The van der Waals surface area contributed by atoms with Crippen LogP contribution in [0.4, 0.5) is 0 Å². The van der Waals surface area contributed by atoms with Gasteiger partial charge >= 0.3 is 0 Å². The Balaban J connectivity index is 2.20. The van der Waals surface area contributed by atoms with Crippen molar-refractivity contribution in [1.82, 2.24) is 20.1 Å². The number of nitrogens with zero attached hydrogens (tertiary/aromatic N) is 3. The van der Waals surface area contributed by atoms with Crippen LogP contribution < -0.4 is 20.5 Å². The topological polar surface area (TPSA) is 104 Å². The predicted octanol–water partition coefficient (Wildman–Crippen LogP) is 1.82. The summed E-state index contributed by atoms with van der Waals surface area (Å²) in [4.78, 5) is 16.7. The molecule has 0 aliphatic carbocycles. The molecule has 0 unspecified atom stereocenters. The molecule has 3 N–H and O–H groups in total. The molecule has 27 heavy (non-hydrogen) atoms. The second kappa shape index (κ2) is 9.36. The number of ether oxygens (including phenoxy) is 2. The van der Waals surface area contributed by atoms with Crippen LogP contribution in [0, 0.1) is 0 Å². The quantitative estimate of drug-likeness (QED) is 0.693. The molecule has 1 heterocycles. The highest BCUT2D eigenvalue weighted by Crippen LogP contribution is 2.28. The van der Waals surface area contributed by atoms with Gasteiger partial charge in [0.15, 0.2) is 17.3 Å². The third-order valence-electron chi connectivity index (χ3n) is 4.27. The molecule has 0 aliphatic heterocycles. The van der Waals surface area contributed by atoms with Gasteiger partial charge in [-0.05, 0) is 38.0 Å². The third-order valence-corrected chi connectivity index (χ3v) is 4.27. The highest BCUT2D eigenvalue weighted by molar-refractivity contribution is 5.75. The smallest absolute Gasteiger partial charge is 0.242 e. The zero-order valence-corrected chi connectivity index (χ0v) is 16.7. The Kier molecular flexibility index (Phi) is 7.18. The lowest BCUT2D eigenvalue weighted by atomic mass is 10.1. The highest BCUT2D eigenvalue weighted by Gasteiger charge is 2.17. The summed E-state index contributed by atoms with van der Waals surface area (Å²) in [6, 6.07) is 5.46. The SMILES string of the molecule is CC[C@H](C)NC(=O)Cn1nc(Cc2ccc(OC)c(OC)c2)nc1[C@@H](C)N. The first-order chi connectivity index (χ1) is 12.9. The van der Waals surface area contributed by atoms with Crippen LogP contribution in [0.3, 0.4) is 0 Å². The maximum Gasteiger partial charge on any atom is 0.242 e. The molecule has 2 rings (SSSR count). The zero-order valence-electron chi connectivity index (χ0n) is 16.7. The number of nitrogens with one attached hydrogen (secondary N) is 1. The molecule has 0 radical (unpaired) electrons. The van der Waals surface area contributed by atoms with Crippen LogP contribution in [-0.4, -0.2) is 40.9 Å². The van der Waals surface area contributed by atoms with E-state index in [9.17, 15) is 4.79 Å². The van der Waals surface area contributed by atoms with E-state index in [0.717, 1.165) is 12.0 Å². The molecular weight excluding hydrogens is 346 g/mol. The average molecular weight is 375 g/mol. The van der Waals surface area contributed by atoms with Crippen LogP contribution in [0.2, 0.25) is 0 Å². The van der Waals surface area contributed by atoms with E-state index in [2.05, 4.69) is 15.4 Å². The predicted molar refractivity (Wildman–Crippen MR) is 103 cm³/mol. The number of carbonyl (C=O) groups is 1. The van der Waals surface area contributed by atoms with E-state index < -0.39 is 0 Å². The van der Waals surface area contributed by atoms with Gasteiger partial charge in [0.2, 0.25) is 5.91 Å². The fourth-order valence-corrected chi connectivity index (χ4v) is 2.66. The van der Waals surface area contributed by atoms with Crippen molar-refractivity contribution in [2.45, 2.75) is 52.2 Å². The molecule has 148 valence electrons. The normalized spacial score (nSPS) is 13.1. The fraction of sp³-hybridized carbons (Fsp3) is 0.526. The molecular formula is C19H29N5O3. The second-order valence-corrected chi connectivity index (χ2v) is 6.58. The average Bonchev–Trinajstić information content (AvgIpc) is 3.03. The Bertz CT molecular complexity index is 773.